The van der Waals surface area contributed by atoms with E-state index in [1.165, 1.54) is 0 Å². The molecule has 3 heterocycles. The number of aromatic amines is 1. The van der Waals surface area contributed by atoms with Crippen LogP contribution in [0.3, 0.4) is 0 Å². The van der Waals surface area contributed by atoms with Crippen molar-refractivity contribution in [2.24, 2.45) is 0 Å². The van der Waals surface area contributed by atoms with Crippen molar-refractivity contribution in [1.82, 2.24) is 24.8 Å². The Bertz CT molecular complexity index is 887. The number of nitrogens with zero attached hydrogens (tertiary/aromatic N) is 3. The zero-order valence-electron chi connectivity index (χ0n) is 13.9. The Morgan fingerprint density at radius 3 is 2.76 bits per heavy atom. The molecule has 0 bridgehead atoms. The fourth-order valence-corrected chi connectivity index (χ4v) is 3.95. The molecule has 2 N–H and O–H groups in total. The Kier molecular flexibility index (Phi) is 3.94. The second-order valence-corrected chi connectivity index (χ2v) is 6.76. The minimum absolute atomic E-state index is 0.0677. The lowest BCUT2D eigenvalue weighted by atomic mass is 9.90. The number of hydrogen-bond acceptors (Lipinski definition) is 3. The van der Waals surface area contributed by atoms with E-state index < -0.39 is 12.7 Å². The monoisotopic (exact) mass is 351 g/mol. The van der Waals surface area contributed by atoms with Gasteiger partial charge in [0.15, 0.2) is 0 Å². The molecule has 1 aliphatic rings. The van der Waals surface area contributed by atoms with E-state index in [9.17, 15) is 13.2 Å². The highest BCUT2D eigenvalue weighted by atomic mass is 19.4. The van der Waals surface area contributed by atoms with Gasteiger partial charge in [0.25, 0.3) is 0 Å². The third kappa shape index (κ3) is 3.10. The third-order valence-electron chi connectivity index (χ3n) is 5.06. The largest absolute Gasteiger partial charge is 0.401 e. The standard InChI is InChI=1S/C17H20F3N5/c1-10-24-14-8-22-16-13(6-7-21-16)15(14)25(10)12-4-2-11(3-5-12)23-9-17(18,19)20/h6-8,11-12,23H,2-5,9H2,1H3,(H,21,22). The van der Waals surface area contributed by atoms with Gasteiger partial charge < -0.3 is 14.9 Å². The summed E-state index contributed by atoms with van der Waals surface area (Å²) in [6.45, 7) is 1.07. The maximum atomic E-state index is 12.4. The fraction of sp³-hybridized carbons (Fsp3) is 0.529. The smallest absolute Gasteiger partial charge is 0.346 e. The van der Waals surface area contributed by atoms with Gasteiger partial charge in [0.05, 0.1) is 18.3 Å². The molecule has 8 heteroatoms. The van der Waals surface area contributed by atoms with Gasteiger partial charge in [-0.05, 0) is 38.7 Å². The number of alkyl halides is 3. The van der Waals surface area contributed by atoms with Gasteiger partial charge in [-0.15, -0.1) is 0 Å². The summed E-state index contributed by atoms with van der Waals surface area (Å²) in [7, 11) is 0. The molecule has 0 aromatic carbocycles. The number of imidazole rings is 1. The topological polar surface area (TPSA) is 58.5 Å². The van der Waals surface area contributed by atoms with Crippen molar-refractivity contribution < 1.29 is 13.2 Å². The van der Waals surface area contributed by atoms with Crippen LogP contribution in [-0.2, 0) is 0 Å². The molecule has 1 fully saturated rings. The lowest BCUT2D eigenvalue weighted by Gasteiger charge is -2.31. The maximum Gasteiger partial charge on any atom is 0.401 e. The molecule has 0 atom stereocenters. The number of rotatable bonds is 3. The average molecular weight is 351 g/mol. The highest BCUT2D eigenvalue weighted by molar-refractivity contribution is 6.01. The zero-order valence-corrected chi connectivity index (χ0v) is 13.9. The fourth-order valence-electron chi connectivity index (χ4n) is 3.95. The van der Waals surface area contributed by atoms with Crippen molar-refractivity contribution in [1.29, 1.82) is 0 Å². The third-order valence-corrected chi connectivity index (χ3v) is 5.06. The Balaban J connectivity index is 1.57. The summed E-state index contributed by atoms with van der Waals surface area (Å²) < 4.78 is 39.4. The van der Waals surface area contributed by atoms with Crippen molar-refractivity contribution >= 4 is 22.1 Å². The first-order chi connectivity index (χ1) is 11.9. The number of aryl methyl sites for hydroxylation is 1. The molecular formula is C17H20F3N5. The number of H-pyrrole nitrogens is 1. The summed E-state index contributed by atoms with van der Waals surface area (Å²) in [5, 5.41) is 3.68. The minimum Gasteiger partial charge on any atom is -0.346 e. The van der Waals surface area contributed by atoms with Crippen molar-refractivity contribution in [3.63, 3.8) is 0 Å². The zero-order chi connectivity index (χ0) is 17.6. The van der Waals surface area contributed by atoms with Crippen LogP contribution in [0.2, 0.25) is 0 Å². The predicted octanol–water partition coefficient (Wildman–Crippen LogP) is 3.86. The second kappa shape index (κ2) is 6.01. The van der Waals surface area contributed by atoms with E-state index in [1.54, 1.807) is 6.20 Å². The normalized spacial score (nSPS) is 22.1. The van der Waals surface area contributed by atoms with Gasteiger partial charge in [-0.3, -0.25) is 0 Å². The molecule has 0 aliphatic heterocycles. The summed E-state index contributed by atoms with van der Waals surface area (Å²) >= 11 is 0. The average Bonchev–Trinajstić information content (AvgIpc) is 3.15. The molecule has 0 amide bonds. The Morgan fingerprint density at radius 1 is 1.28 bits per heavy atom. The van der Waals surface area contributed by atoms with E-state index in [0.29, 0.717) is 0 Å². The quantitative estimate of drug-likeness (QED) is 0.753. The van der Waals surface area contributed by atoms with Crippen molar-refractivity contribution in [2.45, 2.75) is 50.9 Å². The SMILES string of the molecule is Cc1nc2cnc3[nH]ccc3c2n1C1CCC(NCC(F)(F)F)CC1. The molecule has 0 saturated heterocycles. The molecule has 1 aliphatic carbocycles. The van der Waals surface area contributed by atoms with Crippen molar-refractivity contribution in [2.75, 3.05) is 6.54 Å². The first kappa shape index (κ1) is 16.4. The van der Waals surface area contributed by atoms with Gasteiger partial charge in [-0.2, -0.15) is 13.2 Å². The molecule has 4 rings (SSSR count). The van der Waals surface area contributed by atoms with Gasteiger partial charge in [0, 0.05) is 23.7 Å². The number of hydrogen-bond donors (Lipinski definition) is 2. The lowest BCUT2D eigenvalue weighted by molar-refractivity contribution is -0.126. The number of nitrogens with one attached hydrogen (secondary N) is 2. The summed E-state index contributed by atoms with van der Waals surface area (Å²) in [5.74, 6) is 0.928. The van der Waals surface area contributed by atoms with Crippen LogP contribution in [0.1, 0.15) is 37.5 Å². The number of halogens is 3. The highest BCUT2D eigenvalue weighted by Crippen LogP contribution is 2.34. The molecule has 1 saturated carbocycles. The van der Waals surface area contributed by atoms with E-state index in [2.05, 4.69) is 24.8 Å². The van der Waals surface area contributed by atoms with Crippen LogP contribution >= 0.6 is 0 Å². The summed E-state index contributed by atoms with van der Waals surface area (Å²) in [6.07, 6.45) is 2.64. The first-order valence-electron chi connectivity index (χ1n) is 8.53. The Labute approximate surface area is 142 Å². The predicted molar refractivity (Wildman–Crippen MR) is 89.5 cm³/mol. The van der Waals surface area contributed by atoms with Crippen LogP contribution in [0, 0.1) is 6.92 Å². The van der Waals surface area contributed by atoms with Gasteiger partial charge in [0.1, 0.15) is 17.0 Å². The Hall–Kier alpha value is -2.09. The highest BCUT2D eigenvalue weighted by Gasteiger charge is 2.30. The summed E-state index contributed by atoms with van der Waals surface area (Å²) in [6, 6.07) is 2.19. The van der Waals surface area contributed by atoms with Crippen LogP contribution in [0.5, 0.6) is 0 Å². The summed E-state index contributed by atoms with van der Waals surface area (Å²) in [4.78, 5) is 12.1. The van der Waals surface area contributed by atoms with E-state index in [4.69, 9.17) is 0 Å². The number of pyridine rings is 1. The van der Waals surface area contributed by atoms with Crippen LogP contribution < -0.4 is 5.32 Å². The van der Waals surface area contributed by atoms with E-state index in [-0.39, 0.29) is 12.1 Å². The van der Waals surface area contributed by atoms with Crippen LogP contribution in [-0.4, -0.2) is 38.3 Å². The molecule has 25 heavy (non-hydrogen) atoms. The molecule has 3 aromatic heterocycles. The summed E-state index contributed by atoms with van der Waals surface area (Å²) in [5.41, 5.74) is 2.76. The number of aromatic nitrogens is 4. The van der Waals surface area contributed by atoms with E-state index in [1.807, 2.05) is 19.2 Å². The van der Waals surface area contributed by atoms with Crippen molar-refractivity contribution in [3.05, 3.63) is 24.3 Å². The van der Waals surface area contributed by atoms with Gasteiger partial charge in [-0.1, -0.05) is 0 Å². The molecule has 0 spiro atoms. The second-order valence-electron chi connectivity index (χ2n) is 6.76. The van der Waals surface area contributed by atoms with Gasteiger partial charge in [0.2, 0.25) is 0 Å². The lowest BCUT2D eigenvalue weighted by Crippen LogP contribution is -2.39. The molecule has 0 unspecified atom stereocenters. The van der Waals surface area contributed by atoms with Gasteiger partial charge in [-0.25, -0.2) is 9.97 Å². The van der Waals surface area contributed by atoms with Crippen LogP contribution in [0.4, 0.5) is 13.2 Å². The molecular weight excluding hydrogens is 331 g/mol. The molecule has 0 radical (unpaired) electrons. The van der Waals surface area contributed by atoms with E-state index in [0.717, 1.165) is 53.6 Å². The Morgan fingerprint density at radius 2 is 2.04 bits per heavy atom. The first-order valence-corrected chi connectivity index (χ1v) is 8.53. The van der Waals surface area contributed by atoms with Crippen LogP contribution in [0.25, 0.3) is 22.1 Å². The van der Waals surface area contributed by atoms with Crippen LogP contribution in [0.15, 0.2) is 18.5 Å². The van der Waals surface area contributed by atoms with E-state index >= 15 is 0 Å². The molecule has 3 aromatic rings. The maximum absolute atomic E-state index is 12.4. The van der Waals surface area contributed by atoms with Gasteiger partial charge >= 0.3 is 6.18 Å². The van der Waals surface area contributed by atoms with Crippen molar-refractivity contribution in [3.8, 4) is 0 Å². The number of fused-ring (bicyclic) bond motifs is 3. The molecule has 134 valence electrons. The minimum atomic E-state index is -4.15. The molecule has 5 nitrogen and oxygen atoms in total.